The summed E-state index contributed by atoms with van der Waals surface area (Å²) in [7, 11) is 0. The van der Waals surface area contributed by atoms with Crippen molar-refractivity contribution in [2.75, 3.05) is 6.61 Å². The highest BCUT2D eigenvalue weighted by atomic mass is 16.5. The fraction of sp³-hybridized carbons (Fsp3) is 0.900. The molecule has 0 aliphatic heterocycles. The van der Waals surface area contributed by atoms with E-state index in [2.05, 4.69) is 6.92 Å². The molecule has 2 N–H and O–H groups in total. The number of ketones is 1. The summed E-state index contributed by atoms with van der Waals surface area (Å²) in [6.07, 6.45) is 9.84. The number of hydrogen-bond acceptors (Lipinski definition) is 4. The van der Waals surface area contributed by atoms with Crippen molar-refractivity contribution in [3.63, 3.8) is 0 Å². The summed E-state index contributed by atoms with van der Waals surface area (Å²) >= 11 is 0. The highest BCUT2D eigenvalue weighted by Crippen LogP contribution is 2.52. The van der Waals surface area contributed by atoms with Gasteiger partial charge < -0.3 is 14.9 Å². The van der Waals surface area contributed by atoms with Gasteiger partial charge in [-0.2, -0.15) is 0 Å². The topological polar surface area (TPSA) is 83.8 Å². The fourth-order valence-electron chi connectivity index (χ4n) is 4.67. The zero-order valence-electron chi connectivity index (χ0n) is 15.5. The molecule has 0 heterocycles. The number of Topliss-reactive ketones (excluding diaryl/α,β-unsaturated/α-hetero) is 1. The molecule has 4 atom stereocenters. The van der Waals surface area contributed by atoms with Crippen LogP contribution in [0.2, 0.25) is 0 Å². The molecular formula is C20H34O5. The number of hydrogen-bond donors (Lipinski definition) is 2. The summed E-state index contributed by atoms with van der Waals surface area (Å²) in [5.41, 5.74) is -0.891. The van der Waals surface area contributed by atoms with Crippen LogP contribution in [0.1, 0.15) is 84.0 Å². The first-order valence-electron chi connectivity index (χ1n) is 10.1. The van der Waals surface area contributed by atoms with Crippen LogP contribution >= 0.6 is 0 Å². The molecule has 2 aliphatic rings. The van der Waals surface area contributed by atoms with E-state index < -0.39 is 11.6 Å². The van der Waals surface area contributed by atoms with E-state index in [0.717, 1.165) is 32.1 Å². The van der Waals surface area contributed by atoms with Crippen LogP contribution in [0.15, 0.2) is 0 Å². The highest BCUT2D eigenvalue weighted by molar-refractivity contribution is 5.82. The third kappa shape index (κ3) is 5.52. The van der Waals surface area contributed by atoms with Crippen molar-refractivity contribution in [1.29, 1.82) is 0 Å². The normalized spacial score (nSPS) is 31.2. The van der Waals surface area contributed by atoms with Crippen molar-refractivity contribution in [2.24, 2.45) is 11.8 Å². The molecule has 0 amide bonds. The van der Waals surface area contributed by atoms with Gasteiger partial charge in [-0.1, -0.05) is 32.6 Å². The summed E-state index contributed by atoms with van der Waals surface area (Å²) in [5, 5.41) is 19.8. The van der Waals surface area contributed by atoms with E-state index in [1.54, 1.807) is 0 Å². The van der Waals surface area contributed by atoms with E-state index in [1.165, 1.54) is 19.3 Å². The largest absolute Gasteiger partial charge is 0.481 e. The maximum absolute atomic E-state index is 12.6. The van der Waals surface area contributed by atoms with E-state index in [-0.39, 0.29) is 30.1 Å². The molecule has 2 saturated carbocycles. The third-order valence-corrected chi connectivity index (χ3v) is 6.02. The average molecular weight is 354 g/mol. The van der Waals surface area contributed by atoms with Crippen LogP contribution in [-0.4, -0.2) is 40.3 Å². The van der Waals surface area contributed by atoms with Crippen LogP contribution in [0.5, 0.6) is 0 Å². The number of carbonyl (C=O) groups excluding carboxylic acids is 1. The molecule has 0 aromatic carbocycles. The maximum Gasteiger partial charge on any atom is 0.303 e. The Morgan fingerprint density at radius 3 is 2.56 bits per heavy atom. The SMILES string of the molecule is CCCCCCCC(=O)[C@@H]1CC[C@H]2C[C@H](OCCCC(=O)O)C[C@]21O. The molecule has 0 aromatic heterocycles. The molecule has 2 fully saturated rings. The summed E-state index contributed by atoms with van der Waals surface area (Å²) in [6, 6.07) is 0. The lowest BCUT2D eigenvalue weighted by Crippen LogP contribution is -2.40. The Morgan fingerprint density at radius 1 is 1.08 bits per heavy atom. The molecule has 25 heavy (non-hydrogen) atoms. The lowest BCUT2D eigenvalue weighted by Gasteiger charge is -2.29. The lowest BCUT2D eigenvalue weighted by molar-refractivity contribution is -0.138. The monoisotopic (exact) mass is 354 g/mol. The molecule has 0 aromatic rings. The number of carboxylic acid groups (broad SMARTS) is 1. The Morgan fingerprint density at radius 2 is 1.84 bits per heavy atom. The second-order valence-electron chi connectivity index (χ2n) is 7.88. The van der Waals surface area contributed by atoms with Gasteiger partial charge in [0, 0.05) is 31.8 Å². The van der Waals surface area contributed by atoms with Crippen molar-refractivity contribution in [2.45, 2.75) is 95.7 Å². The minimum absolute atomic E-state index is 0.0380. The first-order chi connectivity index (χ1) is 12.0. The first-order valence-corrected chi connectivity index (χ1v) is 10.1. The van der Waals surface area contributed by atoms with E-state index >= 15 is 0 Å². The van der Waals surface area contributed by atoms with Gasteiger partial charge in [-0.05, 0) is 38.0 Å². The second kappa shape index (κ2) is 9.67. The number of aliphatic carboxylic acids is 1. The van der Waals surface area contributed by atoms with Crippen LogP contribution in [0, 0.1) is 11.8 Å². The van der Waals surface area contributed by atoms with Crippen molar-refractivity contribution in [1.82, 2.24) is 0 Å². The second-order valence-corrected chi connectivity index (χ2v) is 7.88. The van der Waals surface area contributed by atoms with Gasteiger partial charge >= 0.3 is 5.97 Å². The molecule has 0 radical (unpaired) electrons. The van der Waals surface area contributed by atoms with Gasteiger partial charge in [-0.3, -0.25) is 9.59 Å². The predicted octanol–water partition coefficient (Wildman–Crippen LogP) is 3.72. The highest BCUT2D eigenvalue weighted by Gasteiger charge is 2.56. The van der Waals surface area contributed by atoms with E-state index in [0.29, 0.717) is 25.9 Å². The Labute approximate surface area is 151 Å². The standard InChI is InChI=1S/C20H34O5/c1-2-3-4-5-6-8-18(21)17-11-10-15-13-16(14-20(15,17)24)25-12-7-9-19(22)23/h15-17,24H,2-14H2,1H3,(H,22,23)/t15-,16-,17-,20-/m0/s1. The van der Waals surface area contributed by atoms with Crippen molar-refractivity contribution < 1.29 is 24.5 Å². The summed E-state index contributed by atoms with van der Waals surface area (Å²) < 4.78 is 5.77. The third-order valence-electron chi connectivity index (χ3n) is 6.02. The lowest BCUT2D eigenvalue weighted by atomic mass is 9.82. The predicted molar refractivity (Wildman–Crippen MR) is 95.4 cm³/mol. The van der Waals surface area contributed by atoms with Gasteiger partial charge in [0.2, 0.25) is 0 Å². The number of unbranched alkanes of at least 4 members (excludes halogenated alkanes) is 4. The van der Waals surface area contributed by atoms with Crippen LogP contribution in [0.25, 0.3) is 0 Å². The quantitative estimate of drug-likeness (QED) is 0.522. The molecule has 2 aliphatic carbocycles. The van der Waals surface area contributed by atoms with Gasteiger partial charge in [0.1, 0.15) is 5.78 Å². The smallest absolute Gasteiger partial charge is 0.303 e. The number of fused-ring (bicyclic) bond motifs is 1. The number of aliphatic hydroxyl groups is 1. The average Bonchev–Trinajstić information content (AvgIpc) is 3.03. The van der Waals surface area contributed by atoms with Gasteiger partial charge in [0.25, 0.3) is 0 Å². The molecular weight excluding hydrogens is 320 g/mol. The van der Waals surface area contributed by atoms with Crippen molar-refractivity contribution >= 4 is 11.8 Å². The maximum atomic E-state index is 12.6. The molecule has 2 rings (SSSR count). The minimum atomic E-state index is -0.891. The molecule has 5 nitrogen and oxygen atoms in total. The van der Waals surface area contributed by atoms with Crippen molar-refractivity contribution in [3.8, 4) is 0 Å². The van der Waals surface area contributed by atoms with Crippen LogP contribution in [-0.2, 0) is 14.3 Å². The molecule has 0 unspecified atom stereocenters. The zero-order chi connectivity index (χ0) is 18.3. The number of carboxylic acids is 1. The molecule has 0 spiro atoms. The summed E-state index contributed by atoms with van der Waals surface area (Å²) in [6.45, 7) is 2.59. The number of rotatable bonds is 12. The Bertz CT molecular complexity index is 449. The van der Waals surface area contributed by atoms with Crippen LogP contribution < -0.4 is 0 Å². The zero-order valence-corrected chi connectivity index (χ0v) is 15.5. The Kier molecular flexibility index (Phi) is 7.88. The molecule has 5 heteroatoms. The van der Waals surface area contributed by atoms with E-state index in [4.69, 9.17) is 9.84 Å². The fourth-order valence-corrected chi connectivity index (χ4v) is 4.67. The van der Waals surface area contributed by atoms with Crippen LogP contribution in [0.3, 0.4) is 0 Å². The molecule has 0 bridgehead atoms. The summed E-state index contributed by atoms with van der Waals surface area (Å²) in [5.74, 6) is -0.648. The van der Waals surface area contributed by atoms with Crippen molar-refractivity contribution in [3.05, 3.63) is 0 Å². The number of carbonyl (C=O) groups is 2. The number of ether oxygens (including phenoxy) is 1. The van der Waals surface area contributed by atoms with Gasteiger partial charge in [0.05, 0.1) is 11.7 Å². The summed E-state index contributed by atoms with van der Waals surface area (Å²) in [4.78, 5) is 23.1. The van der Waals surface area contributed by atoms with E-state index in [9.17, 15) is 14.7 Å². The van der Waals surface area contributed by atoms with Gasteiger partial charge in [-0.15, -0.1) is 0 Å². The molecule has 144 valence electrons. The minimum Gasteiger partial charge on any atom is -0.481 e. The molecule has 0 saturated heterocycles. The van der Waals surface area contributed by atoms with Gasteiger partial charge in [0.15, 0.2) is 0 Å². The Hall–Kier alpha value is -0.940. The van der Waals surface area contributed by atoms with E-state index in [1.807, 2.05) is 0 Å². The first kappa shape index (κ1) is 20.4. The Balaban J connectivity index is 1.75. The van der Waals surface area contributed by atoms with Crippen LogP contribution in [0.4, 0.5) is 0 Å². The van der Waals surface area contributed by atoms with Gasteiger partial charge in [-0.25, -0.2) is 0 Å².